The highest BCUT2D eigenvalue weighted by molar-refractivity contribution is 6.19. The van der Waals surface area contributed by atoms with Gasteiger partial charge in [-0.05, 0) is 53.6 Å². The Kier molecular flexibility index (Phi) is 6.83. The summed E-state index contributed by atoms with van der Waals surface area (Å²) in [7, 11) is 0. The molecule has 266 valence electrons. The minimum absolute atomic E-state index is 0.574. The molecule has 57 heavy (non-hydrogen) atoms. The van der Waals surface area contributed by atoms with E-state index in [0.29, 0.717) is 17.5 Å². The first-order chi connectivity index (χ1) is 28.2. The number of hydrogen-bond donors (Lipinski definition) is 0. The predicted molar refractivity (Wildman–Crippen MR) is 230 cm³/mol. The molecule has 0 atom stereocenters. The standard InChI is InChI=1S/C51H30N4O2/c1-3-14-31(15-4-1)49-52-50(32-16-5-2-6-17-32)54-51(53-49)38-21-13-25-45-47(38)48-39(33-26-27-44-40(28-33)37-20-9-12-24-43(37)56-44)29-34(30-46(48)57-45)55-41-22-10-7-18-35(41)36-19-8-11-23-42(36)55/h1-30H. The van der Waals surface area contributed by atoms with E-state index in [4.69, 9.17) is 23.8 Å². The van der Waals surface area contributed by atoms with Crippen LogP contribution < -0.4 is 0 Å². The van der Waals surface area contributed by atoms with Crippen LogP contribution in [0, 0.1) is 0 Å². The Labute approximate surface area is 325 Å². The predicted octanol–water partition coefficient (Wildman–Crippen LogP) is 13.4. The molecule has 0 spiro atoms. The van der Waals surface area contributed by atoms with Crippen LogP contribution in [-0.2, 0) is 0 Å². The Balaban J connectivity index is 1.18. The van der Waals surface area contributed by atoms with Crippen LogP contribution in [0.1, 0.15) is 0 Å². The third-order valence-corrected chi connectivity index (χ3v) is 11.0. The third kappa shape index (κ3) is 4.94. The monoisotopic (exact) mass is 730 g/mol. The first-order valence-electron chi connectivity index (χ1n) is 19.0. The van der Waals surface area contributed by atoms with E-state index in [0.717, 1.165) is 88.4 Å². The lowest BCUT2D eigenvalue weighted by Crippen LogP contribution is -2.00. The molecule has 0 N–H and O–H groups in total. The van der Waals surface area contributed by atoms with Gasteiger partial charge in [0.15, 0.2) is 17.5 Å². The molecular weight excluding hydrogens is 701 g/mol. The van der Waals surface area contributed by atoms with Crippen LogP contribution in [0.3, 0.4) is 0 Å². The Morgan fingerprint density at radius 2 is 0.877 bits per heavy atom. The second-order valence-electron chi connectivity index (χ2n) is 14.4. The highest BCUT2D eigenvalue weighted by atomic mass is 16.3. The molecule has 8 aromatic carbocycles. The summed E-state index contributed by atoms with van der Waals surface area (Å²) in [6.45, 7) is 0. The molecule has 0 aliphatic heterocycles. The minimum Gasteiger partial charge on any atom is -0.456 e. The van der Waals surface area contributed by atoms with E-state index >= 15 is 0 Å². The van der Waals surface area contributed by atoms with Crippen LogP contribution in [0.5, 0.6) is 0 Å². The lowest BCUT2D eigenvalue weighted by molar-refractivity contribution is 0.668. The summed E-state index contributed by atoms with van der Waals surface area (Å²) in [5.41, 5.74) is 11.3. The van der Waals surface area contributed by atoms with Crippen LogP contribution in [0.25, 0.3) is 117 Å². The maximum Gasteiger partial charge on any atom is 0.164 e. The van der Waals surface area contributed by atoms with Crippen LogP contribution in [0.2, 0.25) is 0 Å². The summed E-state index contributed by atoms with van der Waals surface area (Å²) >= 11 is 0. The molecule has 6 nitrogen and oxygen atoms in total. The first kappa shape index (κ1) is 31.5. The van der Waals surface area contributed by atoms with Gasteiger partial charge in [0.2, 0.25) is 0 Å². The van der Waals surface area contributed by atoms with Crippen molar-refractivity contribution < 1.29 is 8.83 Å². The number of rotatable bonds is 5. The molecule has 6 heteroatoms. The fourth-order valence-electron chi connectivity index (χ4n) is 8.50. The van der Waals surface area contributed by atoms with E-state index < -0.39 is 0 Å². The topological polar surface area (TPSA) is 69.9 Å². The van der Waals surface area contributed by atoms with Gasteiger partial charge in [-0.1, -0.05) is 133 Å². The van der Waals surface area contributed by atoms with Gasteiger partial charge in [0.1, 0.15) is 22.3 Å². The van der Waals surface area contributed by atoms with Crippen molar-refractivity contribution in [1.82, 2.24) is 19.5 Å². The molecular formula is C51H30N4O2. The molecule has 4 aromatic heterocycles. The molecule has 0 radical (unpaired) electrons. The summed E-state index contributed by atoms with van der Waals surface area (Å²) in [5, 5.41) is 6.47. The molecule has 0 bridgehead atoms. The molecule has 0 aliphatic rings. The van der Waals surface area contributed by atoms with Gasteiger partial charge in [-0.3, -0.25) is 0 Å². The first-order valence-corrected chi connectivity index (χ1v) is 19.0. The van der Waals surface area contributed by atoms with Crippen molar-refractivity contribution in [3.05, 3.63) is 182 Å². The van der Waals surface area contributed by atoms with Gasteiger partial charge < -0.3 is 13.4 Å². The minimum atomic E-state index is 0.574. The van der Waals surface area contributed by atoms with Crippen LogP contribution in [0.4, 0.5) is 0 Å². The van der Waals surface area contributed by atoms with E-state index in [9.17, 15) is 0 Å². The highest BCUT2D eigenvalue weighted by Crippen LogP contribution is 2.45. The number of aromatic nitrogens is 4. The van der Waals surface area contributed by atoms with Crippen LogP contribution in [0.15, 0.2) is 191 Å². The lowest BCUT2D eigenvalue weighted by Gasteiger charge is -2.13. The van der Waals surface area contributed by atoms with Gasteiger partial charge in [-0.25, -0.2) is 15.0 Å². The number of nitrogens with zero attached hydrogens (tertiary/aromatic N) is 4. The molecule has 0 amide bonds. The molecule has 12 rings (SSSR count). The van der Waals surface area contributed by atoms with Gasteiger partial charge in [0.25, 0.3) is 0 Å². The maximum atomic E-state index is 6.91. The van der Waals surface area contributed by atoms with E-state index in [1.54, 1.807) is 0 Å². The molecule has 0 saturated carbocycles. The Morgan fingerprint density at radius 1 is 0.333 bits per heavy atom. The van der Waals surface area contributed by atoms with E-state index in [1.807, 2.05) is 84.9 Å². The summed E-state index contributed by atoms with van der Waals surface area (Å²) < 4.78 is 15.5. The highest BCUT2D eigenvalue weighted by Gasteiger charge is 2.23. The molecule has 0 fully saturated rings. The lowest BCUT2D eigenvalue weighted by atomic mass is 9.95. The molecule has 0 unspecified atom stereocenters. The number of para-hydroxylation sites is 3. The Hall–Kier alpha value is -7.83. The maximum absolute atomic E-state index is 6.91. The zero-order valence-electron chi connectivity index (χ0n) is 30.4. The molecule has 12 aromatic rings. The van der Waals surface area contributed by atoms with E-state index in [1.165, 1.54) is 10.8 Å². The summed E-state index contributed by atoms with van der Waals surface area (Å²) in [6, 6.07) is 62.7. The van der Waals surface area contributed by atoms with Crippen LogP contribution in [-0.4, -0.2) is 19.5 Å². The smallest absolute Gasteiger partial charge is 0.164 e. The Morgan fingerprint density at radius 3 is 1.58 bits per heavy atom. The number of benzene rings is 8. The van der Waals surface area contributed by atoms with Crippen molar-refractivity contribution in [2.24, 2.45) is 0 Å². The van der Waals surface area contributed by atoms with Crippen molar-refractivity contribution in [1.29, 1.82) is 0 Å². The zero-order valence-corrected chi connectivity index (χ0v) is 30.4. The average Bonchev–Trinajstić information content (AvgIpc) is 3.96. The van der Waals surface area contributed by atoms with Gasteiger partial charge >= 0.3 is 0 Å². The second kappa shape index (κ2) is 12.3. The second-order valence-corrected chi connectivity index (χ2v) is 14.4. The normalized spacial score (nSPS) is 11.9. The van der Waals surface area contributed by atoms with Crippen molar-refractivity contribution in [2.45, 2.75) is 0 Å². The third-order valence-electron chi connectivity index (χ3n) is 11.0. The van der Waals surface area contributed by atoms with E-state index in [2.05, 4.69) is 102 Å². The van der Waals surface area contributed by atoms with Crippen molar-refractivity contribution >= 4 is 65.7 Å². The molecule has 0 aliphatic carbocycles. The van der Waals surface area contributed by atoms with Gasteiger partial charge in [0, 0.05) is 55.1 Å². The fraction of sp³-hybridized carbons (Fsp3) is 0. The summed E-state index contributed by atoms with van der Waals surface area (Å²) in [5.74, 6) is 1.79. The average molecular weight is 731 g/mol. The molecule has 0 saturated heterocycles. The van der Waals surface area contributed by atoms with Crippen LogP contribution >= 0.6 is 0 Å². The number of hydrogen-bond acceptors (Lipinski definition) is 5. The Bertz CT molecular complexity index is 3410. The van der Waals surface area contributed by atoms with Gasteiger partial charge in [-0.15, -0.1) is 0 Å². The zero-order chi connectivity index (χ0) is 37.5. The fourth-order valence-corrected chi connectivity index (χ4v) is 8.50. The van der Waals surface area contributed by atoms with Crippen molar-refractivity contribution in [3.8, 4) is 51.0 Å². The number of furan rings is 2. The summed E-state index contributed by atoms with van der Waals surface area (Å²) in [6.07, 6.45) is 0. The van der Waals surface area contributed by atoms with Gasteiger partial charge in [-0.2, -0.15) is 0 Å². The van der Waals surface area contributed by atoms with Gasteiger partial charge in [0.05, 0.1) is 16.7 Å². The van der Waals surface area contributed by atoms with E-state index in [-0.39, 0.29) is 0 Å². The SMILES string of the molecule is c1ccc(-c2nc(-c3ccccc3)nc(-c3cccc4oc5cc(-n6c7ccccc7c7ccccc76)cc(-c6ccc7oc8ccccc8c7c6)c5c34)n2)cc1. The van der Waals surface area contributed by atoms with Crippen molar-refractivity contribution in [2.75, 3.05) is 0 Å². The largest absolute Gasteiger partial charge is 0.456 e. The quantitative estimate of drug-likeness (QED) is 0.176. The number of fused-ring (bicyclic) bond motifs is 9. The van der Waals surface area contributed by atoms with Crippen molar-refractivity contribution in [3.63, 3.8) is 0 Å². The molecule has 4 heterocycles. The summed E-state index contributed by atoms with van der Waals surface area (Å²) in [4.78, 5) is 15.3.